The summed E-state index contributed by atoms with van der Waals surface area (Å²) < 4.78 is 0. The predicted molar refractivity (Wildman–Crippen MR) is 131 cm³/mol. The summed E-state index contributed by atoms with van der Waals surface area (Å²) in [7, 11) is 0. The van der Waals surface area contributed by atoms with E-state index in [1.54, 1.807) is 5.56 Å². The van der Waals surface area contributed by atoms with E-state index in [2.05, 4.69) is 57.2 Å². The van der Waals surface area contributed by atoms with Gasteiger partial charge in [-0.2, -0.15) is 0 Å². The standard InChI is InChI=1S/C29H46/c1-4-5-6-7-8-9-10-11-12-13-14-15-16-17-19-26-22-23-28-24-27(25(2)3)20-18-21-29(26)28/h18,20-25H,4-17,19H2,1-3H3. The van der Waals surface area contributed by atoms with E-state index in [0.717, 1.165) is 0 Å². The molecular formula is C29H46. The van der Waals surface area contributed by atoms with Crippen molar-refractivity contribution in [3.8, 4) is 11.1 Å². The Morgan fingerprint density at radius 3 is 1.72 bits per heavy atom. The average Bonchev–Trinajstić information content (AvgIpc) is 2.95. The van der Waals surface area contributed by atoms with Gasteiger partial charge in [0.25, 0.3) is 0 Å². The minimum Gasteiger partial charge on any atom is -0.0654 e. The molecule has 0 radical (unpaired) electrons. The zero-order valence-corrected chi connectivity index (χ0v) is 19.6. The summed E-state index contributed by atoms with van der Waals surface area (Å²) in [5.41, 5.74) is 5.86. The fourth-order valence-electron chi connectivity index (χ4n) is 4.45. The molecule has 2 aliphatic rings. The van der Waals surface area contributed by atoms with Crippen LogP contribution in [0.5, 0.6) is 0 Å². The lowest BCUT2D eigenvalue weighted by Crippen LogP contribution is -1.87. The summed E-state index contributed by atoms with van der Waals surface area (Å²) in [5.74, 6) is 0.592. The van der Waals surface area contributed by atoms with Crippen molar-refractivity contribution in [2.24, 2.45) is 0 Å². The lowest BCUT2D eigenvalue weighted by molar-refractivity contribution is 0.535. The lowest BCUT2D eigenvalue weighted by atomic mass is 10.0. The molecule has 29 heavy (non-hydrogen) atoms. The first-order valence-corrected chi connectivity index (χ1v) is 12.7. The van der Waals surface area contributed by atoms with Crippen LogP contribution in [0.2, 0.25) is 0 Å². The maximum Gasteiger partial charge on any atom is -0.0152 e. The van der Waals surface area contributed by atoms with Gasteiger partial charge >= 0.3 is 0 Å². The van der Waals surface area contributed by atoms with Gasteiger partial charge in [0.05, 0.1) is 0 Å². The SMILES string of the molecule is CCCCCCCCCCCCCCCCc1ccc2cc(C(C)C)cccc1-2. The molecule has 0 aromatic heterocycles. The fourth-order valence-corrected chi connectivity index (χ4v) is 4.45. The van der Waals surface area contributed by atoms with Gasteiger partial charge in [0.15, 0.2) is 0 Å². The minimum absolute atomic E-state index is 0.592. The van der Waals surface area contributed by atoms with Crippen molar-refractivity contribution in [2.75, 3.05) is 0 Å². The highest BCUT2D eigenvalue weighted by atomic mass is 14.1. The lowest BCUT2D eigenvalue weighted by Gasteiger charge is -2.05. The van der Waals surface area contributed by atoms with E-state index in [0.29, 0.717) is 5.92 Å². The monoisotopic (exact) mass is 394 g/mol. The van der Waals surface area contributed by atoms with Crippen LogP contribution in [0, 0.1) is 0 Å². The summed E-state index contributed by atoms with van der Waals surface area (Å²) in [6, 6.07) is 13.9. The number of rotatable bonds is 16. The topological polar surface area (TPSA) is 0 Å². The van der Waals surface area contributed by atoms with Crippen LogP contribution in [0.3, 0.4) is 0 Å². The smallest absolute Gasteiger partial charge is 0.0152 e. The van der Waals surface area contributed by atoms with Crippen LogP contribution in [-0.4, -0.2) is 0 Å². The fraction of sp³-hybridized carbons (Fsp3) is 0.655. The molecule has 0 heterocycles. The Bertz CT molecular complexity index is 624. The third-order valence-corrected chi connectivity index (χ3v) is 6.46. The maximum atomic E-state index is 2.38. The highest BCUT2D eigenvalue weighted by Crippen LogP contribution is 2.30. The van der Waals surface area contributed by atoms with Crippen LogP contribution >= 0.6 is 0 Å². The maximum absolute atomic E-state index is 2.38. The number of hydrogen-bond acceptors (Lipinski definition) is 0. The quantitative estimate of drug-likeness (QED) is 0.248. The Labute approximate surface area is 181 Å². The van der Waals surface area contributed by atoms with E-state index >= 15 is 0 Å². The molecule has 0 aromatic carbocycles. The Morgan fingerprint density at radius 2 is 1.17 bits per heavy atom. The number of aryl methyl sites for hydroxylation is 1. The molecule has 0 saturated carbocycles. The zero-order valence-electron chi connectivity index (χ0n) is 19.6. The molecule has 2 rings (SSSR count). The number of hydrogen-bond donors (Lipinski definition) is 0. The number of fused-ring (bicyclic) bond motifs is 1. The molecule has 2 aliphatic carbocycles. The molecule has 0 spiro atoms. The predicted octanol–water partition coefficient (Wildman–Crippen LogP) is 9.94. The summed E-state index contributed by atoms with van der Waals surface area (Å²) in [6.45, 7) is 6.85. The Balaban J connectivity index is 1.50. The van der Waals surface area contributed by atoms with Gasteiger partial charge in [0.1, 0.15) is 0 Å². The van der Waals surface area contributed by atoms with Crippen molar-refractivity contribution in [1.29, 1.82) is 0 Å². The summed E-state index contributed by atoms with van der Waals surface area (Å²) >= 11 is 0. The van der Waals surface area contributed by atoms with Crippen LogP contribution in [-0.2, 0) is 6.42 Å². The highest BCUT2D eigenvalue weighted by Gasteiger charge is 2.09. The normalized spacial score (nSPS) is 11.6. The van der Waals surface area contributed by atoms with Gasteiger partial charge in [-0.15, -0.1) is 0 Å². The van der Waals surface area contributed by atoms with Crippen molar-refractivity contribution in [2.45, 2.75) is 123 Å². The first kappa shape index (κ1) is 24.0. The van der Waals surface area contributed by atoms with E-state index in [1.165, 1.54) is 113 Å². The van der Waals surface area contributed by atoms with Gasteiger partial charge in [-0.1, -0.05) is 141 Å². The van der Waals surface area contributed by atoms with Crippen molar-refractivity contribution in [3.63, 3.8) is 0 Å². The average molecular weight is 395 g/mol. The Hall–Kier alpha value is -1.30. The van der Waals surface area contributed by atoms with E-state index < -0.39 is 0 Å². The van der Waals surface area contributed by atoms with Crippen LogP contribution in [0.4, 0.5) is 0 Å². The molecule has 162 valence electrons. The van der Waals surface area contributed by atoms with Crippen LogP contribution < -0.4 is 0 Å². The minimum atomic E-state index is 0.592. The second kappa shape index (κ2) is 14.6. The number of unbranched alkanes of at least 4 members (excludes halogenated alkanes) is 13. The molecule has 0 heteroatoms. The Kier molecular flexibility index (Phi) is 12.1. The van der Waals surface area contributed by atoms with Crippen molar-refractivity contribution >= 4 is 0 Å². The van der Waals surface area contributed by atoms with E-state index in [-0.39, 0.29) is 0 Å². The second-order valence-corrected chi connectivity index (χ2v) is 9.40. The van der Waals surface area contributed by atoms with Crippen LogP contribution in [0.15, 0.2) is 36.4 Å². The van der Waals surface area contributed by atoms with Gasteiger partial charge in [-0.3, -0.25) is 0 Å². The molecule has 0 nitrogen and oxygen atoms in total. The van der Waals surface area contributed by atoms with Gasteiger partial charge in [-0.05, 0) is 41.0 Å². The van der Waals surface area contributed by atoms with Gasteiger partial charge in [-0.25, -0.2) is 0 Å². The summed E-state index contributed by atoms with van der Waals surface area (Å²) in [4.78, 5) is 0. The van der Waals surface area contributed by atoms with Crippen LogP contribution in [0.25, 0.3) is 11.1 Å². The Morgan fingerprint density at radius 1 is 0.621 bits per heavy atom. The summed E-state index contributed by atoms with van der Waals surface area (Å²) in [6.07, 6.45) is 21.3. The van der Waals surface area contributed by atoms with E-state index in [4.69, 9.17) is 0 Å². The molecule has 0 aliphatic heterocycles. The second-order valence-electron chi connectivity index (χ2n) is 9.40. The molecule has 0 bridgehead atoms. The third kappa shape index (κ3) is 9.37. The third-order valence-electron chi connectivity index (χ3n) is 6.46. The van der Waals surface area contributed by atoms with E-state index in [1.807, 2.05) is 0 Å². The largest absolute Gasteiger partial charge is 0.0654 e. The molecule has 0 aromatic rings. The molecule has 0 amide bonds. The molecular weight excluding hydrogens is 348 g/mol. The van der Waals surface area contributed by atoms with Crippen molar-refractivity contribution < 1.29 is 0 Å². The van der Waals surface area contributed by atoms with E-state index in [9.17, 15) is 0 Å². The highest BCUT2D eigenvalue weighted by molar-refractivity contribution is 5.71. The van der Waals surface area contributed by atoms with Gasteiger partial charge < -0.3 is 0 Å². The van der Waals surface area contributed by atoms with Gasteiger partial charge in [0.2, 0.25) is 0 Å². The molecule has 0 unspecified atom stereocenters. The zero-order chi connectivity index (χ0) is 20.7. The van der Waals surface area contributed by atoms with Crippen molar-refractivity contribution in [3.05, 3.63) is 47.5 Å². The van der Waals surface area contributed by atoms with Gasteiger partial charge in [0, 0.05) is 0 Å². The van der Waals surface area contributed by atoms with Crippen LogP contribution in [0.1, 0.15) is 128 Å². The molecule has 0 fully saturated rings. The first-order chi connectivity index (χ1) is 14.2. The molecule has 0 N–H and O–H groups in total. The first-order valence-electron chi connectivity index (χ1n) is 12.7. The molecule has 0 saturated heterocycles. The van der Waals surface area contributed by atoms with Crippen molar-refractivity contribution in [1.82, 2.24) is 0 Å². The molecule has 0 atom stereocenters. The summed E-state index contributed by atoms with van der Waals surface area (Å²) in [5, 5.41) is 0.